The smallest absolute Gasteiger partial charge is 0.317 e. The Hall–Kier alpha value is -2.52. The van der Waals surface area contributed by atoms with E-state index >= 15 is 0 Å². The lowest BCUT2D eigenvalue weighted by atomic mass is 10.1. The number of benzene rings is 1. The molecule has 1 aromatic carbocycles. The Morgan fingerprint density at radius 2 is 2.04 bits per heavy atom. The Morgan fingerprint density at radius 1 is 1.36 bits per heavy atom. The second-order valence-electron chi connectivity index (χ2n) is 5.32. The van der Waals surface area contributed by atoms with Gasteiger partial charge < -0.3 is 20.7 Å². The third kappa shape index (κ3) is 4.52. The number of primary amides is 1. The average Bonchev–Trinajstić information content (AvgIpc) is 2.89. The highest BCUT2D eigenvalue weighted by Crippen LogP contribution is 2.25. The Morgan fingerprint density at radius 3 is 2.56 bits per heavy atom. The maximum Gasteiger partial charge on any atom is 0.317 e. The van der Waals surface area contributed by atoms with E-state index in [0.717, 1.165) is 22.0 Å². The van der Waals surface area contributed by atoms with Crippen molar-refractivity contribution in [2.75, 3.05) is 13.6 Å². The van der Waals surface area contributed by atoms with Crippen LogP contribution in [-0.4, -0.2) is 45.1 Å². The SMILES string of the molecule is Br.CNCC(=O)O.Cc1ccc2nc(C(N)=O)c3ncn(C)c3c2c1. The van der Waals surface area contributed by atoms with Crippen LogP contribution in [0.5, 0.6) is 0 Å². The lowest BCUT2D eigenvalue weighted by Crippen LogP contribution is -2.16. The number of rotatable bonds is 3. The largest absolute Gasteiger partial charge is 0.480 e. The van der Waals surface area contributed by atoms with Crippen molar-refractivity contribution in [1.82, 2.24) is 19.9 Å². The van der Waals surface area contributed by atoms with E-state index in [1.165, 1.54) is 0 Å². The molecule has 2 heterocycles. The number of hydrogen-bond acceptors (Lipinski definition) is 5. The van der Waals surface area contributed by atoms with Crippen molar-refractivity contribution in [3.63, 3.8) is 0 Å². The Balaban J connectivity index is 0.000000390. The molecule has 0 aliphatic carbocycles. The van der Waals surface area contributed by atoms with E-state index in [1.54, 1.807) is 13.4 Å². The summed E-state index contributed by atoms with van der Waals surface area (Å²) < 4.78 is 1.88. The standard InChI is InChI=1S/C13H12N4O.C3H7NO2.BrH/c1-7-3-4-9-8(5-7)12-10(15-6-17(12)2)11(16-9)13(14)18;1-4-2-3(5)6;/h3-6H,1-2H3,(H2,14,18);4H,2H2,1H3,(H,5,6);1H. The van der Waals surface area contributed by atoms with Crippen LogP contribution in [0, 0.1) is 6.92 Å². The highest BCUT2D eigenvalue weighted by Gasteiger charge is 2.16. The molecule has 0 saturated carbocycles. The number of nitrogens with one attached hydrogen (secondary N) is 1. The van der Waals surface area contributed by atoms with Gasteiger partial charge in [0.2, 0.25) is 0 Å². The minimum Gasteiger partial charge on any atom is -0.480 e. The lowest BCUT2D eigenvalue weighted by Gasteiger charge is -2.05. The zero-order chi connectivity index (χ0) is 17.9. The number of likely N-dealkylation sites (N-methyl/N-ethyl adjacent to an activating group) is 1. The second kappa shape index (κ2) is 8.54. The molecule has 4 N–H and O–H groups in total. The molecule has 0 fully saturated rings. The summed E-state index contributed by atoms with van der Waals surface area (Å²) in [4.78, 5) is 29.5. The first-order valence-corrected chi connectivity index (χ1v) is 7.22. The van der Waals surface area contributed by atoms with E-state index in [2.05, 4.69) is 15.3 Å². The number of aromatic nitrogens is 3. The quantitative estimate of drug-likeness (QED) is 0.600. The predicted molar refractivity (Wildman–Crippen MR) is 101 cm³/mol. The third-order valence-electron chi connectivity index (χ3n) is 3.36. The molecule has 0 aliphatic heterocycles. The first-order valence-electron chi connectivity index (χ1n) is 7.22. The minimum atomic E-state index is -0.822. The number of aliphatic carboxylic acids is 1. The number of aryl methyl sites for hydroxylation is 2. The van der Waals surface area contributed by atoms with Crippen LogP contribution in [0.1, 0.15) is 16.1 Å². The van der Waals surface area contributed by atoms with Gasteiger partial charge >= 0.3 is 5.97 Å². The number of hydrogen-bond donors (Lipinski definition) is 3. The molecule has 3 aromatic rings. The summed E-state index contributed by atoms with van der Waals surface area (Å²) >= 11 is 0. The summed E-state index contributed by atoms with van der Waals surface area (Å²) in [7, 11) is 3.48. The maximum absolute atomic E-state index is 11.4. The van der Waals surface area contributed by atoms with E-state index in [9.17, 15) is 9.59 Å². The van der Waals surface area contributed by atoms with Crippen LogP contribution < -0.4 is 11.1 Å². The molecule has 3 rings (SSSR count). The molecule has 0 unspecified atom stereocenters. The number of carboxylic acid groups (broad SMARTS) is 1. The van der Waals surface area contributed by atoms with Gasteiger partial charge in [0.05, 0.1) is 23.9 Å². The van der Waals surface area contributed by atoms with Crippen molar-refractivity contribution in [3.05, 3.63) is 35.8 Å². The third-order valence-corrected chi connectivity index (χ3v) is 3.36. The molecule has 1 amide bonds. The van der Waals surface area contributed by atoms with Gasteiger partial charge in [-0.1, -0.05) is 11.6 Å². The van der Waals surface area contributed by atoms with Gasteiger partial charge in [-0.15, -0.1) is 17.0 Å². The van der Waals surface area contributed by atoms with Gasteiger partial charge in [0, 0.05) is 12.4 Å². The average molecular weight is 410 g/mol. The number of amides is 1. The van der Waals surface area contributed by atoms with Gasteiger partial charge in [0.25, 0.3) is 5.91 Å². The molecule has 134 valence electrons. The van der Waals surface area contributed by atoms with Gasteiger partial charge in [-0.05, 0) is 26.1 Å². The normalized spacial score (nSPS) is 10.0. The van der Waals surface area contributed by atoms with Gasteiger partial charge in [-0.25, -0.2) is 9.97 Å². The molecular weight excluding hydrogens is 390 g/mol. The molecule has 0 saturated heterocycles. The highest BCUT2D eigenvalue weighted by molar-refractivity contribution is 8.93. The summed E-state index contributed by atoms with van der Waals surface area (Å²) in [6, 6.07) is 5.89. The zero-order valence-corrected chi connectivity index (χ0v) is 15.8. The Labute approximate surface area is 154 Å². The number of halogens is 1. The summed E-state index contributed by atoms with van der Waals surface area (Å²) in [6.45, 7) is 2.06. The molecule has 0 spiro atoms. The van der Waals surface area contributed by atoms with Crippen LogP contribution in [0.2, 0.25) is 0 Å². The first-order chi connectivity index (χ1) is 11.3. The van der Waals surface area contributed by atoms with Gasteiger partial charge in [0.1, 0.15) is 5.52 Å². The van der Waals surface area contributed by atoms with E-state index < -0.39 is 11.9 Å². The number of pyridine rings is 1. The fraction of sp³-hybridized carbons (Fsp3) is 0.250. The number of carboxylic acids is 1. The summed E-state index contributed by atoms with van der Waals surface area (Å²) in [5.74, 6) is -1.38. The summed E-state index contributed by atoms with van der Waals surface area (Å²) in [6.07, 6.45) is 1.67. The monoisotopic (exact) mass is 409 g/mol. The number of nitrogens with two attached hydrogens (primary N) is 1. The molecule has 0 radical (unpaired) electrons. The molecule has 0 bridgehead atoms. The van der Waals surface area contributed by atoms with Crippen molar-refractivity contribution in [3.8, 4) is 0 Å². The van der Waals surface area contributed by atoms with Crippen LogP contribution in [-0.2, 0) is 11.8 Å². The van der Waals surface area contributed by atoms with Crippen LogP contribution in [0.15, 0.2) is 24.5 Å². The maximum atomic E-state index is 11.4. The Bertz CT molecular complexity index is 923. The van der Waals surface area contributed by atoms with Crippen molar-refractivity contribution in [1.29, 1.82) is 0 Å². The van der Waals surface area contributed by atoms with E-state index in [0.29, 0.717) is 5.52 Å². The van der Waals surface area contributed by atoms with Crippen LogP contribution in [0.4, 0.5) is 0 Å². The molecule has 25 heavy (non-hydrogen) atoms. The molecule has 8 nitrogen and oxygen atoms in total. The molecule has 0 aliphatic rings. The van der Waals surface area contributed by atoms with Gasteiger partial charge in [0.15, 0.2) is 5.69 Å². The van der Waals surface area contributed by atoms with Gasteiger partial charge in [-0.2, -0.15) is 0 Å². The Kier molecular flexibility index (Phi) is 7.01. The van der Waals surface area contributed by atoms with Crippen molar-refractivity contribution in [2.45, 2.75) is 6.92 Å². The van der Waals surface area contributed by atoms with Gasteiger partial charge in [-0.3, -0.25) is 9.59 Å². The van der Waals surface area contributed by atoms with Crippen molar-refractivity contribution in [2.24, 2.45) is 12.8 Å². The van der Waals surface area contributed by atoms with E-state index in [-0.39, 0.29) is 29.2 Å². The number of fused-ring (bicyclic) bond motifs is 3. The fourth-order valence-corrected chi connectivity index (χ4v) is 2.35. The fourth-order valence-electron chi connectivity index (χ4n) is 2.35. The van der Waals surface area contributed by atoms with Crippen LogP contribution in [0.25, 0.3) is 21.9 Å². The predicted octanol–water partition coefficient (Wildman–Crippen LogP) is 1.40. The lowest BCUT2D eigenvalue weighted by molar-refractivity contribution is -0.135. The highest BCUT2D eigenvalue weighted by atomic mass is 79.9. The molecule has 2 aromatic heterocycles. The molecular formula is C16H20BrN5O3. The summed E-state index contributed by atoms with van der Waals surface area (Å²) in [5.41, 5.74) is 8.92. The van der Waals surface area contributed by atoms with Crippen LogP contribution in [0.3, 0.4) is 0 Å². The number of carbonyl (C=O) groups is 2. The van der Waals surface area contributed by atoms with Crippen LogP contribution >= 0.6 is 17.0 Å². The summed E-state index contributed by atoms with van der Waals surface area (Å²) in [5, 5.41) is 11.3. The molecule has 9 heteroatoms. The second-order valence-corrected chi connectivity index (χ2v) is 5.32. The number of carbonyl (C=O) groups excluding carboxylic acids is 1. The van der Waals surface area contributed by atoms with Crippen molar-refractivity contribution >= 4 is 50.8 Å². The topological polar surface area (TPSA) is 123 Å². The van der Waals surface area contributed by atoms with Crippen molar-refractivity contribution < 1.29 is 14.7 Å². The van der Waals surface area contributed by atoms with E-state index in [1.807, 2.05) is 36.7 Å². The minimum absolute atomic E-state index is 0. The zero-order valence-electron chi connectivity index (χ0n) is 14.1. The van der Waals surface area contributed by atoms with E-state index in [4.69, 9.17) is 10.8 Å². The first kappa shape index (κ1) is 20.5. The molecule has 0 atom stereocenters. The number of nitrogens with zero attached hydrogens (tertiary/aromatic N) is 3. The number of imidazole rings is 1.